The lowest BCUT2D eigenvalue weighted by Gasteiger charge is -2.02. The molecule has 0 radical (unpaired) electrons. The number of amides is 1. The Morgan fingerprint density at radius 2 is 2.20 bits per heavy atom. The van der Waals surface area contributed by atoms with Crippen molar-refractivity contribution in [1.82, 2.24) is 15.2 Å². The predicted molar refractivity (Wildman–Crippen MR) is 100 cm³/mol. The zero-order chi connectivity index (χ0) is 17.2. The number of aromatic nitrogens is 3. The predicted octanol–water partition coefficient (Wildman–Crippen LogP) is 4.59. The SMILES string of the molecule is Cc1csc(SCc2c(C(=O)Nc3nncs3)oc3ccccc23)n1. The number of carbonyl (C=O) groups is 1. The fourth-order valence-electron chi connectivity index (χ4n) is 2.34. The van der Waals surface area contributed by atoms with Crippen LogP contribution in [0.5, 0.6) is 0 Å². The molecule has 4 aromatic rings. The van der Waals surface area contributed by atoms with Gasteiger partial charge in [0, 0.05) is 27.8 Å². The zero-order valence-electron chi connectivity index (χ0n) is 13.1. The monoisotopic (exact) mass is 388 g/mol. The largest absolute Gasteiger partial charge is 0.451 e. The number of fused-ring (bicyclic) bond motifs is 1. The van der Waals surface area contributed by atoms with Gasteiger partial charge in [-0.3, -0.25) is 10.1 Å². The van der Waals surface area contributed by atoms with E-state index in [1.54, 1.807) is 28.6 Å². The summed E-state index contributed by atoms with van der Waals surface area (Å²) in [6.45, 7) is 1.97. The van der Waals surface area contributed by atoms with Gasteiger partial charge in [0.25, 0.3) is 5.91 Å². The molecular weight excluding hydrogens is 376 g/mol. The van der Waals surface area contributed by atoms with Gasteiger partial charge in [0.1, 0.15) is 15.4 Å². The second-order valence-corrected chi connectivity index (χ2v) is 8.06. The van der Waals surface area contributed by atoms with E-state index < -0.39 is 0 Å². The standard InChI is InChI=1S/C16H12N4O2S3/c1-9-6-23-16(18-9)24-7-11-10-4-2-3-5-12(10)22-13(11)14(21)19-15-20-17-8-25-15/h2-6,8H,7H2,1H3,(H,19,20,21). The summed E-state index contributed by atoms with van der Waals surface area (Å²) in [7, 11) is 0. The highest BCUT2D eigenvalue weighted by Crippen LogP contribution is 2.33. The van der Waals surface area contributed by atoms with E-state index in [2.05, 4.69) is 20.5 Å². The average molecular weight is 388 g/mol. The summed E-state index contributed by atoms with van der Waals surface area (Å²) in [6, 6.07) is 7.65. The molecule has 0 aliphatic rings. The van der Waals surface area contributed by atoms with Crippen molar-refractivity contribution in [2.75, 3.05) is 5.32 Å². The third-order valence-corrected chi connectivity index (χ3v) is 6.19. The van der Waals surface area contributed by atoms with Gasteiger partial charge >= 0.3 is 0 Å². The van der Waals surface area contributed by atoms with E-state index in [1.807, 2.05) is 36.6 Å². The number of thioether (sulfide) groups is 1. The van der Waals surface area contributed by atoms with Crippen molar-refractivity contribution in [2.45, 2.75) is 17.0 Å². The highest BCUT2D eigenvalue weighted by atomic mass is 32.2. The second-order valence-electron chi connectivity index (χ2n) is 5.15. The quantitative estimate of drug-likeness (QED) is 0.504. The molecule has 1 aromatic carbocycles. The van der Waals surface area contributed by atoms with E-state index in [0.29, 0.717) is 22.2 Å². The molecule has 0 saturated heterocycles. The maximum Gasteiger partial charge on any atom is 0.293 e. The van der Waals surface area contributed by atoms with Gasteiger partial charge < -0.3 is 4.42 Å². The van der Waals surface area contributed by atoms with Crippen LogP contribution in [0.4, 0.5) is 5.13 Å². The lowest BCUT2D eigenvalue weighted by molar-refractivity contribution is 0.0997. The molecule has 9 heteroatoms. The molecule has 0 bridgehead atoms. The number of anilines is 1. The van der Waals surface area contributed by atoms with Crippen molar-refractivity contribution in [3.8, 4) is 0 Å². The number of benzene rings is 1. The van der Waals surface area contributed by atoms with Gasteiger partial charge in [-0.25, -0.2) is 4.98 Å². The van der Waals surface area contributed by atoms with Crippen molar-refractivity contribution >= 4 is 56.4 Å². The molecule has 0 atom stereocenters. The van der Waals surface area contributed by atoms with Crippen molar-refractivity contribution in [1.29, 1.82) is 0 Å². The Morgan fingerprint density at radius 1 is 1.32 bits per heavy atom. The number of nitrogens with one attached hydrogen (secondary N) is 1. The molecule has 4 rings (SSSR count). The van der Waals surface area contributed by atoms with Crippen LogP contribution >= 0.6 is 34.4 Å². The van der Waals surface area contributed by atoms with E-state index in [-0.39, 0.29) is 5.91 Å². The number of nitrogens with zero attached hydrogens (tertiary/aromatic N) is 3. The summed E-state index contributed by atoms with van der Waals surface area (Å²) in [6.07, 6.45) is 0. The molecule has 0 fully saturated rings. The molecule has 126 valence electrons. The molecule has 0 saturated carbocycles. The molecule has 0 aliphatic heterocycles. The first-order chi connectivity index (χ1) is 12.2. The third-order valence-electron chi connectivity index (χ3n) is 3.42. The first-order valence-corrected chi connectivity index (χ1v) is 10.1. The fourth-order valence-corrected chi connectivity index (χ4v) is 4.66. The molecule has 1 N–H and O–H groups in total. The number of rotatable bonds is 5. The van der Waals surface area contributed by atoms with Crippen LogP contribution in [0.3, 0.4) is 0 Å². The van der Waals surface area contributed by atoms with E-state index >= 15 is 0 Å². The number of aryl methyl sites for hydroxylation is 1. The average Bonchev–Trinajstić information content (AvgIpc) is 3.33. The summed E-state index contributed by atoms with van der Waals surface area (Å²) in [4.78, 5) is 17.1. The van der Waals surface area contributed by atoms with E-state index in [9.17, 15) is 4.79 Å². The van der Waals surface area contributed by atoms with Crippen molar-refractivity contribution in [2.24, 2.45) is 0 Å². The Labute approximate surface area is 155 Å². The smallest absolute Gasteiger partial charge is 0.293 e. The van der Waals surface area contributed by atoms with Crippen molar-refractivity contribution < 1.29 is 9.21 Å². The Morgan fingerprint density at radius 3 is 2.96 bits per heavy atom. The normalized spacial score (nSPS) is 11.1. The minimum Gasteiger partial charge on any atom is -0.451 e. The molecular formula is C16H12N4O2S3. The van der Waals surface area contributed by atoms with Gasteiger partial charge in [-0.2, -0.15) is 0 Å². The van der Waals surface area contributed by atoms with Crippen LogP contribution in [0.1, 0.15) is 21.8 Å². The minimum absolute atomic E-state index is 0.303. The van der Waals surface area contributed by atoms with E-state index in [0.717, 1.165) is 21.0 Å². The maximum absolute atomic E-state index is 12.6. The number of hydrogen-bond donors (Lipinski definition) is 1. The maximum atomic E-state index is 12.6. The van der Waals surface area contributed by atoms with Crippen LogP contribution in [-0.2, 0) is 5.75 Å². The second kappa shape index (κ2) is 6.95. The summed E-state index contributed by atoms with van der Waals surface area (Å²) >= 11 is 4.46. The van der Waals surface area contributed by atoms with Gasteiger partial charge in [-0.1, -0.05) is 41.3 Å². The number of thiazole rings is 1. The summed E-state index contributed by atoms with van der Waals surface area (Å²) in [5, 5.41) is 13.7. The molecule has 0 unspecified atom stereocenters. The van der Waals surface area contributed by atoms with Gasteiger partial charge in [-0.05, 0) is 13.0 Å². The third kappa shape index (κ3) is 3.44. The number of furan rings is 1. The van der Waals surface area contributed by atoms with Gasteiger partial charge in [0.2, 0.25) is 5.13 Å². The Bertz CT molecular complexity index is 1020. The van der Waals surface area contributed by atoms with E-state index in [1.165, 1.54) is 11.3 Å². The fraction of sp³-hybridized carbons (Fsp3) is 0.125. The number of hydrogen-bond acceptors (Lipinski definition) is 8. The van der Waals surface area contributed by atoms with Crippen molar-refractivity contribution in [3.63, 3.8) is 0 Å². The Hall–Kier alpha value is -2.23. The number of carbonyl (C=O) groups excluding carboxylic acids is 1. The highest BCUT2D eigenvalue weighted by Gasteiger charge is 2.21. The summed E-state index contributed by atoms with van der Waals surface area (Å²) in [5.74, 6) is 0.582. The molecule has 25 heavy (non-hydrogen) atoms. The molecule has 1 amide bonds. The summed E-state index contributed by atoms with van der Waals surface area (Å²) in [5.41, 5.74) is 4.11. The van der Waals surface area contributed by atoms with E-state index in [4.69, 9.17) is 4.42 Å². The van der Waals surface area contributed by atoms with Gasteiger partial charge in [-0.15, -0.1) is 21.5 Å². The Kier molecular flexibility index (Phi) is 4.51. The number of para-hydroxylation sites is 1. The van der Waals surface area contributed by atoms with Gasteiger partial charge in [0.15, 0.2) is 5.76 Å². The molecule has 6 nitrogen and oxygen atoms in total. The van der Waals surface area contributed by atoms with Crippen LogP contribution in [-0.4, -0.2) is 21.1 Å². The van der Waals surface area contributed by atoms with Crippen LogP contribution in [0.15, 0.2) is 43.9 Å². The molecule has 0 aliphatic carbocycles. The lowest BCUT2D eigenvalue weighted by Crippen LogP contribution is -2.12. The van der Waals surface area contributed by atoms with Crippen LogP contribution < -0.4 is 5.32 Å². The topological polar surface area (TPSA) is 80.9 Å². The van der Waals surface area contributed by atoms with Crippen LogP contribution in [0.2, 0.25) is 0 Å². The Balaban J connectivity index is 1.66. The highest BCUT2D eigenvalue weighted by molar-refractivity contribution is 8.00. The first kappa shape index (κ1) is 16.2. The lowest BCUT2D eigenvalue weighted by atomic mass is 10.1. The van der Waals surface area contributed by atoms with Crippen LogP contribution in [0.25, 0.3) is 11.0 Å². The zero-order valence-corrected chi connectivity index (χ0v) is 15.5. The van der Waals surface area contributed by atoms with Crippen molar-refractivity contribution in [3.05, 3.63) is 52.2 Å². The molecule has 0 spiro atoms. The molecule has 3 aromatic heterocycles. The van der Waals surface area contributed by atoms with Crippen LogP contribution in [0, 0.1) is 6.92 Å². The summed E-state index contributed by atoms with van der Waals surface area (Å²) < 4.78 is 6.79. The minimum atomic E-state index is -0.320. The van der Waals surface area contributed by atoms with Gasteiger partial charge in [0.05, 0.1) is 0 Å². The first-order valence-electron chi connectivity index (χ1n) is 7.33. The molecule has 3 heterocycles.